The number of nitrogens with one attached hydrogen (secondary N) is 2. The first-order chi connectivity index (χ1) is 11.6. The number of hydrazone groups is 1. The zero-order valence-corrected chi connectivity index (χ0v) is 13.7. The highest BCUT2D eigenvalue weighted by molar-refractivity contribution is 6.39. The van der Waals surface area contributed by atoms with Gasteiger partial charge in [0.15, 0.2) is 0 Å². The normalized spacial score (nSPS) is 10.4. The summed E-state index contributed by atoms with van der Waals surface area (Å²) in [4.78, 5) is 23.5. The highest BCUT2D eigenvalue weighted by Crippen LogP contribution is 2.15. The topological polar surface area (TPSA) is 79.8 Å². The Balaban J connectivity index is 1.86. The maximum Gasteiger partial charge on any atom is 0.329 e. The Morgan fingerprint density at radius 2 is 1.92 bits per heavy atom. The van der Waals surface area contributed by atoms with Crippen LogP contribution in [-0.2, 0) is 9.59 Å². The summed E-state index contributed by atoms with van der Waals surface area (Å²) < 4.78 is 5.30. The minimum absolute atomic E-state index is 0.484. The standard InChI is InChI=1S/C17H16ClN3O3/c1-2-24-15-8-6-14(7-9-15)20-16(22)17(23)21-19-11-12-4-3-5-13(18)10-12/h3-11H,2H2,1H3,(H,20,22)(H,21,23)/b19-11-. The first-order valence-corrected chi connectivity index (χ1v) is 7.59. The third-order valence-corrected chi connectivity index (χ3v) is 3.09. The third kappa shape index (κ3) is 5.40. The lowest BCUT2D eigenvalue weighted by atomic mass is 10.2. The molecule has 2 amide bonds. The molecule has 0 atom stereocenters. The molecule has 0 aliphatic heterocycles. The molecule has 2 rings (SSSR count). The summed E-state index contributed by atoms with van der Waals surface area (Å²) in [7, 11) is 0. The van der Waals surface area contributed by atoms with Crippen LogP contribution in [0.15, 0.2) is 53.6 Å². The second-order valence-electron chi connectivity index (χ2n) is 4.67. The molecule has 0 spiro atoms. The molecule has 0 aliphatic rings. The summed E-state index contributed by atoms with van der Waals surface area (Å²) in [6.07, 6.45) is 1.40. The number of benzene rings is 2. The lowest BCUT2D eigenvalue weighted by molar-refractivity contribution is -0.136. The number of carbonyl (C=O) groups is 2. The summed E-state index contributed by atoms with van der Waals surface area (Å²) in [6, 6.07) is 13.6. The molecule has 124 valence electrons. The fourth-order valence-electron chi connectivity index (χ4n) is 1.79. The Morgan fingerprint density at radius 1 is 1.17 bits per heavy atom. The van der Waals surface area contributed by atoms with Gasteiger partial charge in [0.25, 0.3) is 0 Å². The first kappa shape index (κ1) is 17.5. The van der Waals surface area contributed by atoms with E-state index in [0.717, 1.165) is 0 Å². The van der Waals surface area contributed by atoms with Crippen molar-refractivity contribution in [2.24, 2.45) is 5.10 Å². The van der Waals surface area contributed by atoms with E-state index >= 15 is 0 Å². The van der Waals surface area contributed by atoms with Gasteiger partial charge in [-0.05, 0) is 48.9 Å². The van der Waals surface area contributed by atoms with E-state index in [1.165, 1.54) is 6.21 Å². The predicted molar refractivity (Wildman–Crippen MR) is 93.4 cm³/mol. The van der Waals surface area contributed by atoms with Crippen LogP contribution in [0, 0.1) is 0 Å². The molecule has 0 heterocycles. The van der Waals surface area contributed by atoms with Crippen molar-refractivity contribution in [3.8, 4) is 5.75 Å². The highest BCUT2D eigenvalue weighted by Gasteiger charge is 2.12. The smallest absolute Gasteiger partial charge is 0.329 e. The fraction of sp³-hybridized carbons (Fsp3) is 0.118. The van der Waals surface area contributed by atoms with Crippen LogP contribution in [0.25, 0.3) is 0 Å². The van der Waals surface area contributed by atoms with Gasteiger partial charge >= 0.3 is 11.8 Å². The molecule has 2 aromatic rings. The second-order valence-corrected chi connectivity index (χ2v) is 5.10. The van der Waals surface area contributed by atoms with Gasteiger partial charge in [0.1, 0.15) is 5.75 Å². The van der Waals surface area contributed by atoms with Crippen molar-refractivity contribution in [1.82, 2.24) is 5.43 Å². The molecule has 0 saturated heterocycles. The third-order valence-electron chi connectivity index (χ3n) is 2.86. The van der Waals surface area contributed by atoms with Crippen LogP contribution in [0.1, 0.15) is 12.5 Å². The van der Waals surface area contributed by atoms with E-state index in [1.807, 2.05) is 6.92 Å². The van der Waals surface area contributed by atoms with Gasteiger partial charge in [0, 0.05) is 10.7 Å². The van der Waals surface area contributed by atoms with Gasteiger partial charge in [0.2, 0.25) is 0 Å². The maximum absolute atomic E-state index is 11.8. The number of ether oxygens (including phenoxy) is 1. The summed E-state index contributed by atoms with van der Waals surface area (Å²) in [5.41, 5.74) is 3.34. The Bertz CT molecular complexity index is 745. The van der Waals surface area contributed by atoms with Gasteiger partial charge in [0.05, 0.1) is 12.8 Å². The minimum atomic E-state index is -0.873. The molecule has 24 heavy (non-hydrogen) atoms. The number of carbonyl (C=O) groups excluding carboxylic acids is 2. The SMILES string of the molecule is CCOc1ccc(NC(=O)C(=O)N/N=C\c2cccc(Cl)c2)cc1. The van der Waals surface area contributed by atoms with Crippen molar-refractivity contribution in [2.75, 3.05) is 11.9 Å². The van der Waals surface area contributed by atoms with Crippen molar-refractivity contribution in [3.63, 3.8) is 0 Å². The fourth-order valence-corrected chi connectivity index (χ4v) is 1.99. The van der Waals surface area contributed by atoms with E-state index in [4.69, 9.17) is 16.3 Å². The van der Waals surface area contributed by atoms with Crippen molar-refractivity contribution >= 4 is 35.3 Å². The van der Waals surface area contributed by atoms with E-state index in [9.17, 15) is 9.59 Å². The molecule has 0 fully saturated rings. The Morgan fingerprint density at radius 3 is 2.58 bits per heavy atom. The molecule has 0 radical (unpaired) electrons. The first-order valence-electron chi connectivity index (χ1n) is 7.21. The average molecular weight is 346 g/mol. The van der Waals surface area contributed by atoms with Gasteiger partial charge in [-0.25, -0.2) is 5.43 Å². The van der Waals surface area contributed by atoms with Gasteiger partial charge in [-0.15, -0.1) is 0 Å². The lowest BCUT2D eigenvalue weighted by Gasteiger charge is -2.06. The van der Waals surface area contributed by atoms with Crippen LogP contribution >= 0.6 is 11.6 Å². The Labute approximate surface area is 144 Å². The number of halogens is 1. The van der Waals surface area contributed by atoms with Crippen molar-refractivity contribution in [2.45, 2.75) is 6.92 Å². The summed E-state index contributed by atoms with van der Waals surface area (Å²) >= 11 is 5.84. The Hall–Kier alpha value is -2.86. The average Bonchev–Trinajstić information content (AvgIpc) is 2.57. The molecule has 7 heteroatoms. The van der Waals surface area contributed by atoms with E-state index < -0.39 is 11.8 Å². The zero-order valence-electron chi connectivity index (χ0n) is 13.0. The highest BCUT2D eigenvalue weighted by atomic mass is 35.5. The van der Waals surface area contributed by atoms with Gasteiger partial charge in [-0.2, -0.15) is 5.10 Å². The van der Waals surface area contributed by atoms with Crippen LogP contribution in [0.3, 0.4) is 0 Å². The van der Waals surface area contributed by atoms with Gasteiger partial charge < -0.3 is 10.1 Å². The van der Waals surface area contributed by atoms with Crippen LogP contribution < -0.4 is 15.5 Å². The second kappa shape index (κ2) is 8.69. The van der Waals surface area contributed by atoms with E-state index in [2.05, 4.69) is 15.8 Å². The van der Waals surface area contributed by atoms with E-state index in [0.29, 0.717) is 28.6 Å². The number of hydrogen-bond acceptors (Lipinski definition) is 4. The largest absolute Gasteiger partial charge is 0.494 e. The van der Waals surface area contributed by atoms with Gasteiger partial charge in [-0.1, -0.05) is 23.7 Å². The summed E-state index contributed by atoms with van der Waals surface area (Å²) in [5, 5.41) is 6.74. The Kier molecular flexibility index (Phi) is 6.33. The number of nitrogens with zero attached hydrogens (tertiary/aromatic N) is 1. The molecule has 6 nitrogen and oxygen atoms in total. The lowest BCUT2D eigenvalue weighted by Crippen LogP contribution is -2.32. The van der Waals surface area contributed by atoms with Gasteiger partial charge in [-0.3, -0.25) is 9.59 Å². The van der Waals surface area contributed by atoms with E-state index in [1.54, 1.807) is 48.5 Å². The quantitative estimate of drug-likeness (QED) is 0.497. The molecule has 2 aromatic carbocycles. The molecule has 0 unspecified atom stereocenters. The molecule has 0 saturated carbocycles. The molecular weight excluding hydrogens is 330 g/mol. The molecule has 2 N–H and O–H groups in total. The number of hydrogen-bond donors (Lipinski definition) is 2. The predicted octanol–water partition coefficient (Wildman–Crippen LogP) is 2.83. The van der Waals surface area contributed by atoms with Crippen LogP contribution in [-0.4, -0.2) is 24.6 Å². The monoisotopic (exact) mass is 345 g/mol. The molecule has 0 aromatic heterocycles. The van der Waals surface area contributed by atoms with Crippen molar-refractivity contribution in [3.05, 3.63) is 59.1 Å². The minimum Gasteiger partial charge on any atom is -0.494 e. The number of rotatable bonds is 5. The maximum atomic E-state index is 11.8. The number of anilines is 1. The molecule has 0 bridgehead atoms. The molecule has 0 aliphatic carbocycles. The summed E-state index contributed by atoms with van der Waals surface area (Å²) in [6.45, 7) is 2.43. The van der Waals surface area contributed by atoms with Crippen LogP contribution in [0.4, 0.5) is 5.69 Å². The van der Waals surface area contributed by atoms with Crippen LogP contribution in [0.5, 0.6) is 5.75 Å². The number of amides is 2. The summed E-state index contributed by atoms with van der Waals surface area (Å²) in [5.74, 6) is -1.00. The zero-order chi connectivity index (χ0) is 17.4. The van der Waals surface area contributed by atoms with Crippen molar-refractivity contribution < 1.29 is 14.3 Å². The molecular formula is C17H16ClN3O3. The van der Waals surface area contributed by atoms with Crippen molar-refractivity contribution in [1.29, 1.82) is 0 Å². The van der Waals surface area contributed by atoms with E-state index in [-0.39, 0.29) is 0 Å². The van der Waals surface area contributed by atoms with Crippen LogP contribution in [0.2, 0.25) is 5.02 Å².